The molecule has 0 nitrogen and oxygen atoms in total. The molecule has 1 aliphatic heterocycles. The van der Waals surface area contributed by atoms with Crippen LogP contribution >= 0.6 is 11.8 Å². The Balaban J connectivity index is 2.21. The van der Waals surface area contributed by atoms with Crippen molar-refractivity contribution < 1.29 is 0 Å². The monoisotopic (exact) mass is 176 g/mol. The fourth-order valence-corrected chi connectivity index (χ4v) is 3.49. The van der Waals surface area contributed by atoms with Gasteiger partial charge < -0.3 is 0 Å². The van der Waals surface area contributed by atoms with Crippen LogP contribution in [0.2, 0.25) is 0 Å². The number of hydrogen-bond acceptors (Lipinski definition) is 1. The molecular weight excluding hydrogens is 164 g/mol. The predicted octanol–water partition coefficient (Wildman–Crippen LogP) is 3.21. The summed E-state index contributed by atoms with van der Waals surface area (Å²) in [6.07, 6.45) is 4.11. The van der Waals surface area contributed by atoms with E-state index >= 15 is 0 Å². The normalized spacial score (nSPS) is 25.5. The predicted molar refractivity (Wildman–Crippen MR) is 52.8 cm³/mol. The molecule has 1 unspecified atom stereocenters. The van der Waals surface area contributed by atoms with Gasteiger partial charge in [0, 0.05) is 4.90 Å². The van der Waals surface area contributed by atoms with Gasteiger partial charge in [0.2, 0.25) is 0 Å². The van der Waals surface area contributed by atoms with Crippen molar-refractivity contribution in [2.45, 2.75) is 30.1 Å². The Hall–Kier alpha value is -0.430. The molecule has 1 aliphatic carbocycles. The summed E-state index contributed by atoms with van der Waals surface area (Å²) in [5, 5.41) is 0. The minimum absolute atomic E-state index is 0.898. The molecule has 3 rings (SSSR count). The van der Waals surface area contributed by atoms with Crippen LogP contribution in [0.15, 0.2) is 23.1 Å². The molecule has 12 heavy (non-hydrogen) atoms. The zero-order valence-corrected chi connectivity index (χ0v) is 7.86. The van der Waals surface area contributed by atoms with E-state index < -0.39 is 0 Å². The highest BCUT2D eigenvalue weighted by Gasteiger charge is 2.23. The van der Waals surface area contributed by atoms with E-state index in [2.05, 4.69) is 18.2 Å². The maximum Gasteiger partial charge on any atom is 0.0107 e. The second kappa shape index (κ2) is 2.53. The van der Waals surface area contributed by atoms with Crippen LogP contribution in [0.1, 0.15) is 29.9 Å². The number of fused-ring (bicyclic) bond motifs is 1. The molecule has 0 saturated heterocycles. The number of thioether (sulfide) groups is 1. The van der Waals surface area contributed by atoms with E-state index in [1.165, 1.54) is 25.0 Å². The highest BCUT2D eigenvalue weighted by Crippen LogP contribution is 2.42. The first kappa shape index (κ1) is 7.02. The minimum atomic E-state index is 0.898. The van der Waals surface area contributed by atoms with Crippen LogP contribution in [-0.4, -0.2) is 5.75 Å². The molecule has 1 aromatic carbocycles. The van der Waals surface area contributed by atoms with Gasteiger partial charge in [-0.15, -0.1) is 11.8 Å². The van der Waals surface area contributed by atoms with Crippen LogP contribution in [0.3, 0.4) is 0 Å². The molecule has 0 spiro atoms. The third-order valence-corrected chi connectivity index (χ3v) is 4.14. The fraction of sp³-hybridized carbons (Fsp3) is 0.455. The van der Waals surface area contributed by atoms with Crippen molar-refractivity contribution in [3.63, 3.8) is 0 Å². The van der Waals surface area contributed by atoms with Crippen LogP contribution in [-0.2, 0) is 6.42 Å². The molecule has 1 heterocycles. The summed E-state index contributed by atoms with van der Waals surface area (Å²) < 4.78 is 0. The molecular formula is C11H12S. The molecule has 0 amide bonds. The van der Waals surface area contributed by atoms with Gasteiger partial charge in [-0.05, 0) is 48.1 Å². The molecule has 0 aromatic heterocycles. The highest BCUT2D eigenvalue weighted by molar-refractivity contribution is 7.99. The number of benzene rings is 1. The lowest BCUT2D eigenvalue weighted by Gasteiger charge is -2.29. The van der Waals surface area contributed by atoms with Gasteiger partial charge in [-0.3, -0.25) is 0 Å². The Bertz CT molecular complexity index is 317. The van der Waals surface area contributed by atoms with E-state index in [9.17, 15) is 0 Å². The van der Waals surface area contributed by atoms with Gasteiger partial charge in [-0.1, -0.05) is 12.1 Å². The largest absolute Gasteiger partial charge is 0.126 e. The summed E-state index contributed by atoms with van der Waals surface area (Å²) in [5.41, 5.74) is 3.20. The van der Waals surface area contributed by atoms with Crippen LogP contribution in [0.25, 0.3) is 0 Å². The molecule has 0 N–H and O–H groups in total. The second-order valence-electron chi connectivity index (χ2n) is 3.74. The first-order valence-corrected chi connectivity index (χ1v) is 5.68. The maximum atomic E-state index is 2.43. The van der Waals surface area contributed by atoms with E-state index in [1.54, 1.807) is 16.0 Å². The van der Waals surface area contributed by atoms with E-state index in [1.807, 2.05) is 11.8 Å². The molecule has 2 aliphatic rings. The summed E-state index contributed by atoms with van der Waals surface area (Å²) in [5.74, 6) is 2.23. The van der Waals surface area contributed by atoms with Gasteiger partial charge in [0.25, 0.3) is 0 Å². The van der Waals surface area contributed by atoms with Crippen LogP contribution in [0.4, 0.5) is 0 Å². The third kappa shape index (κ3) is 0.925. The van der Waals surface area contributed by atoms with Gasteiger partial charge in [-0.25, -0.2) is 0 Å². The Morgan fingerprint density at radius 1 is 1.25 bits per heavy atom. The third-order valence-electron chi connectivity index (χ3n) is 3.02. The number of rotatable bonds is 0. The van der Waals surface area contributed by atoms with E-state index in [0.29, 0.717) is 0 Å². The van der Waals surface area contributed by atoms with E-state index in [4.69, 9.17) is 0 Å². The minimum Gasteiger partial charge on any atom is -0.126 e. The second-order valence-corrected chi connectivity index (χ2v) is 4.88. The molecule has 62 valence electrons. The van der Waals surface area contributed by atoms with Gasteiger partial charge in [0.15, 0.2) is 0 Å². The SMILES string of the molecule is c1cc2c3cc1CCC3CCS2. The molecule has 1 heteroatoms. The molecule has 0 radical (unpaired) electrons. The Morgan fingerprint density at radius 2 is 2.25 bits per heavy atom. The summed E-state index contributed by atoms with van der Waals surface area (Å²) >= 11 is 2.04. The molecule has 0 fully saturated rings. The lowest BCUT2D eigenvalue weighted by molar-refractivity contribution is 0.574. The van der Waals surface area contributed by atoms with Crippen molar-refractivity contribution in [1.29, 1.82) is 0 Å². The summed E-state index contributed by atoms with van der Waals surface area (Å²) in [6, 6.07) is 7.05. The Kier molecular flexibility index (Phi) is 1.48. The zero-order chi connectivity index (χ0) is 7.97. The van der Waals surface area contributed by atoms with Gasteiger partial charge in [0.05, 0.1) is 0 Å². The van der Waals surface area contributed by atoms with Crippen LogP contribution < -0.4 is 0 Å². The summed E-state index contributed by atoms with van der Waals surface area (Å²) in [7, 11) is 0. The van der Waals surface area contributed by atoms with Crippen molar-refractivity contribution >= 4 is 11.8 Å². The lowest BCUT2D eigenvalue weighted by atomic mass is 9.84. The standard InChI is InChI=1S/C11H12S/c1-3-9-5-6-12-11-4-2-8(1)7-10(9)11/h2,4,7,9H,1,3,5-6H2. The lowest BCUT2D eigenvalue weighted by Crippen LogP contribution is -2.13. The Morgan fingerprint density at radius 3 is 3.25 bits per heavy atom. The van der Waals surface area contributed by atoms with Crippen molar-refractivity contribution in [2.75, 3.05) is 5.75 Å². The number of aryl methyl sites for hydroxylation is 1. The molecule has 1 aromatic rings. The first-order chi connectivity index (χ1) is 5.93. The smallest absolute Gasteiger partial charge is 0.0107 e. The maximum absolute atomic E-state index is 2.43. The van der Waals surface area contributed by atoms with Crippen molar-refractivity contribution in [2.24, 2.45) is 0 Å². The topological polar surface area (TPSA) is 0 Å². The molecule has 0 saturated carbocycles. The first-order valence-electron chi connectivity index (χ1n) is 4.69. The van der Waals surface area contributed by atoms with E-state index in [-0.39, 0.29) is 0 Å². The van der Waals surface area contributed by atoms with Crippen molar-refractivity contribution in [3.05, 3.63) is 29.3 Å². The van der Waals surface area contributed by atoms with Crippen molar-refractivity contribution in [1.82, 2.24) is 0 Å². The summed E-state index contributed by atoms with van der Waals surface area (Å²) in [6.45, 7) is 0. The van der Waals surface area contributed by atoms with Gasteiger partial charge >= 0.3 is 0 Å². The zero-order valence-electron chi connectivity index (χ0n) is 7.05. The molecule has 1 atom stereocenters. The van der Waals surface area contributed by atoms with Gasteiger partial charge in [-0.2, -0.15) is 0 Å². The van der Waals surface area contributed by atoms with Gasteiger partial charge in [0.1, 0.15) is 0 Å². The highest BCUT2D eigenvalue weighted by atomic mass is 32.2. The summed E-state index contributed by atoms with van der Waals surface area (Å²) in [4.78, 5) is 1.55. The van der Waals surface area contributed by atoms with E-state index in [0.717, 1.165) is 5.92 Å². The fourth-order valence-electron chi connectivity index (χ4n) is 2.31. The van der Waals surface area contributed by atoms with Crippen LogP contribution in [0.5, 0.6) is 0 Å². The quantitative estimate of drug-likeness (QED) is 0.585. The van der Waals surface area contributed by atoms with Crippen LogP contribution in [0, 0.1) is 0 Å². The average Bonchev–Trinajstić information content (AvgIpc) is 2.17. The van der Waals surface area contributed by atoms with Crippen molar-refractivity contribution in [3.8, 4) is 0 Å². The molecule has 2 bridgehead atoms. The number of hydrogen-bond donors (Lipinski definition) is 0. The average molecular weight is 176 g/mol. The Labute approximate surface area is 77.4 Å².